The van der Waals surface area contributed by atoms with Gasteiger partial charge in [-0.15, -0.1) is 0 Å². The zero-order valence-electron chi connectivity index (χ0n) is 13.3. The third kappa shape index (κ3) is 3.27. The lowest BCUT2D eigenvalue weighted by molar-refractivity contribution is 0.102. The first-order valence-corrected chi connectivity index (χ1v) is 8.53. The molecule has 0 spiro atoms. The van der Waals surface area contributed by atoms with E-state index >= 15 is 0 Å². The zero-order chi connectivity index (χ0) is 18.1. The molecule has 1 aromatic carbocycles. The molecule has 7 heteroatoms. The van der Waals surface area contributed by atoms with Crippen molar-refractivity contribution in [3.8, 4) is 11.3 Å². The van der Waals surface area contributed by atoms with Crippen LogP contribution in [0.25, 0.3) is 22.3 Å². The van der Waals surface area contributed by atoms with Crippen molar-refractivity contribution in [1.29, 1.82) is 0 Å². The van der Waals surface area contributed by atoms with Gasteiger partial charge in [0.2, 0.25) is 0 Å². The summed E-state index contributed by atoms with van der Waals surface area (Å²) in [6, 6.07) is 14.0. The number of H-pyrrole nitrogens is 1. The van der Waals surface area contributed by atoms with Gasteiger partial charge in [-0.3, -0.25) is 4.79 Å². The van der Waals surface area contributed by atoms with Crippen LogP contribution in [-0.4, -0.2) is 20.9 Å². The Morgan fingerprint density at radius 2 is 1.88 bits per heavy atom. The van der Waals surface area contributed by atoms with E-state index in [-0.39, 0.29) is 5.91 Å². The molecule has 0 radical (unpaired) electrons. The van der Waals surface area contributed by atoms with E-state index in [4.69, 9.17) is 23.2 Å². The standard InChI is InChI=1S/C19H12Cl2N4O/c20-12-4-1-3-11(7-12)19(26)25-17-6-2-5-16(24-17)15-10-23-18-14(15)8-13(21)9-22-18/h1-10H,(H,22,23)(H,24,25,26). The molecule has 5 nitrogen and oxygen atoms in total. The van der Waals surface area contributed by atoms with E-state index in [9.17, 15) is 4.79 Å². The highest BCUT2D eigenvalue weighted by atomic mass is 35.5. The Kier molecular flexibility index (Phi) is 4.32. The van der Waals surface area contributed by atoms with Crippen LogP contribution in [0.15, 0.2) is 60.9 Å². The summed E-state index contributed by atoms with van der Waals surface area (Å²) >= 11 is 12.0. The van der Waals surface area contributed by atoms with E-state index in [0.29, 0.717) is 27.1 Å². The minimum Gasteiger partial charge on any atom is -0.345 e. The Hall–Kier alpha value is -2.89. The smallest absolute Gasteiger partial charge is 0.256 e. The molecule has 0 fully saturated rings. The van der Waals surface area contributed by atoms with Gasteiger partial charge in [0.15, 0.2) is 0 Å². The third-order valence-electron chi connectivity index (χ3n) is 3.85. The molecule has 0 aliphatic heterocycles. The maximum Gasteiger partial charge on any atom is 0.256 e. The minimum absolute atomic E-state index is 0.277. The lowest BCUT2D eigenvalue weighted by Crippen LogP contribution is -2.12. The molecule has 0 atom stereocenters. The van der Waals surface area contributed by atoms with Gasteiger partial charge in [0.05, 0.1) is 10.7 Å². The Balaban J connectivity index is 1.66. The number of fused-ring (bicyclic) bond motifs is 1. The summed E-state index contributed by atoms with van der Waals surface area (Å²) in [7, 11) is 0. The van der Waals surface area contributed by atoms with Gasteiger partial charge in [0.25, 0.3) is 5.91 Å². The minimum atomic E-state index is -0.277. The number of pyridine rings is 2. The fraction of sp³-hybridized carbons (Fsp3) is 0. The van der Waals surface area contributed by atoms with E-state index in [2.05, 4.69) is 20.3 Å². The first-order valence-electron chi connectivity index (χ1n) is 7.77. The fourth-order valence-electron chi connectivity index (χ4n) is 2.66. The summed E-state index contributed by atoms with van der Waals surface area (Å²) in [5.41, 5.74) is 2.74. The largest absolute Gasteiger partial charge is 0.345 e. The monoisotopic (exact) mass is 382 g/mol. The lowest BCUT2D eigenvalue weighted by Gasteiger charge is -2.07. The molecule has 3 aromatic heterocycles. The van der Waals surface area contributed by atoms with Crippen molar-refractivity contribution in [3.05, 3.63) is 76.5 Å². The second-order valence-electron chi connectivity index (χ2n) is 5.62. The molecule has 0 saturated carbocycles. The average Bonchev–Trinajstić information content (AvgIpc) is 3.05. The molecule has 26 heavy (non-hydrogen) atoms. The molecule has 2 N–H and O–H groups in total. The first kappa shape index (κ1) is 16.6. The van der Waals surface area contributed by atoms with E-state index < -0.39 is 0 Å². The van der Waals surface area contributed by atoms with Gasteiger partial charge in [-0.1, -0.05) is 35.3 Å². The summed E-state index contributed by atoms with van der Waals surface area (Å²) in [6.45, 7) is 0. The third-order valence-corrected chi connectivity index (χ3v) is 4.29. The number of nitrogens with one attached hydrogen (secondary N) is 2. The number of amides is 1. The van der Waals surface area contributed by atoms with Crippen molar-refractivity contribution >= 4 is 46.0 Å². The summed E-state index contributed by atoms with van der Waals surface area (Å²) in [5, 5.41) is 4.70. The van der Waals surface area contributed by atoms with Crippen LogP contribution in [0.4, 0.5) is 5.82 Å². The fourth-order valence-corrected chi connectivity index (χ4v) is 3.01. The Bertz CT molecular complexity index is 1120. The van der Waals surface area contributed by atoms with Crippen molar-refractivity contribution in [2.75, 3.05) is 5.32 Å². The number of carbonyl (C=O) groups is 1. The molecular weight excluding hydrogens is 371 g/mol. The van der Waals surface area contributed by atoms with Crippen LogP contribution in [0.3, 0.4) is 0 Å². The van der Waals surface area contributed by atoms with E-state index in [1.54, 1.807) is 36.5 Å². The van der Waals surface area contributed by atoms with Gasteiger partial charge in [-0.2, -0.15) is 0 Å². The molecule has 0 aliphatic carbocycles. The molecule has 1 amide bonds. The molecule has 0 unspecified atom stereocenters. The normalized spacial score (nSPS) is 10.8. The second kappa shape index (κ2) is 6.78. The molecule has 0 bridgehead atoms. The van der Waals surface area contributed by atoms with E-state index in [1.807, 2.05) is 24.4 Å². The van der Waals surface area contributed by atoms with Gasteiger partial charge in [-0.25, -0.2) is 9.97 Å². The lowest BCUT2D eigenvalue weighted by atomic mass is 10.1. The Morgan fingerprint density at radius 3 is 2.73 bits per heavy atom. The van der Waals surface area contributed by atoms with Crippen LogP contribution < -0.4 is 5.32 Å². The number of nitrogens with zero attached hydrogens (tertiary/aromatic N) is 2. The highest BCUT2D eigenvalue weighted by Gasteiger charge is 2.11. The van der Waals surface area contributed by atoms with Crippen LogP contribution in [-0.2, 0) is 0 Å². The predicted molar refractivity (Wildman–Crippen MR) is 104 cm³/mol. The molecular formula is C19H12Cl2N4O. The van der Waals surface area contributed by atoms with Crippen molar-refractivity contribution in [1.82, 2.24) is 15.0 Å². The summed E-state index contributed by atoms with van der Waals surface area (Å²) < 4.78 is 0. The van der Waals surface area contributed by atoms with Crippen molar-refractivity contribution in [2.24, 2.45) is 0 Å². The number of anilines is 1. The molecule has 3 heterocycles. The molecule has 4 rings (SSSR count). The average molecular weight is 383 g/mol. The van der Waals surface area contributed by atoms with Gasteiger partial charge in [-0.05, 0) is 36.4 Å². The van der Waals surface area contributed by atoms with E-state index in [1.165, 1.54) is 0 Å². The maximum absolute atomic E-state index is 12.4. The Morgan fingerprint density at radius 1 is 1.04 bits per heavy atom. The number of rotatable bonds is 3. The highest BCUT2D eigenvalue weighted by molar-refractivity contribution is 6.31. The van der Waals surface area contributed by atoms with Crippen molar-refractivity contribution in [3.63, 3.8) is 0 Å². The second-order valence-corrected chi connectivity index (χ2v) is 6.50. The number of hydrogen-bond donors (Lipinski definition) is 2. The van der Waals surface area contributed by atoms with Gasteiger partial charge in [0.1, 0.15) is 11.5 Å². The summed E-state index contributed by atoms with van der Waals surface area (Å²) in [6.07, 6.45) is 3.40. The molecule has 0 aliphatic rings. The highest BCUT2D eigenvalue weighted by Crippen LogP contribution is 2.28. The molecule has 4 aromatic rings. The predicted octanol–water partition coefficient (Wildman–Crippen LogP) is 5.18. The van der Waals surface area contributed by atoms with Crippen LogP contribution in [0.2, 0.25) is 10.0 Å². The van der Waals surface area contributed by atoms with E-state index in [0.717, 1.165) is 16.6 Å². The van der Waals surface area contributed by atoms with Crippen LogP contribution in [0.5, 0.6) is 0 Å². The number of carbonyl (C=O) groups excluding carboxylic acids is 1. The van der Waals surface area contributed by atoms with Gasteiger partial charge < -0.3 is 10.3 Å². The summed E-state index contributed by atoms with van der Waals surface area (Å²) in [4.78, 5) is 24.2. The maximum atomic E-state index is 12.4. The quantitative estimate of drug-likeness (QED) is 0.512. The molecule has 128 valence electrons. The number of halogens is 2. The van der Waals surface area contributed by atoms with Crippen LogP contribution in [0, 0.1) is 0 Å². The first-order chi connectivity index (χ1) is 12.6. The van der Waals surface area contributed by atoms with Crippen LogP contribution >= 0.6 is 23.2 Å². The number of aromatic amines is 1. The molecule has 0 saturated heterocycles. The van der Waals surface area contributed by atoms with Gasteiger partial charge >= 0.3 is 0 Å². The topological polar surface area (TPSA) is 70.7 Å². The van der Waals surface area contributed by atoms with Crippen LogP contribution in [0.1, 0.15) is 10.4 Å². The number of aromatic nitrogens is 3. The number of hydrogen-bond acceptors (Lipinski definition) is 3. The zero-order valence-corrected chi connectivity index (χ0v) is 14.8. The SMILES string of the molecule is O=C(Nc1cccc(-c2c[nH]c3ncc(Cl)cc23)n1)c1cccc(Cl)c1. The summed E-state index contributed by atoms with van der Waals surface area (Å²) in [5.74, 6) is 0.164. The number of benzene rings is 1. The van der Waals surface area contributed by atoms with Crippen molar-refractivity contribution < 1.29 is 4.79 Å². The van der Waals surface area contributed by atoms with Gasteiger partial charge in [0, 0.05) is 33.9 Å². The Labute approximate surface area is 159 Å². The van der Waals surface area contributed by atoms with Crippen molar-refractivity contribution in [2.45, 2.75) is 0 Å².